The molecule has 0 aromatic carbocycles. The maximum Gasteiger partial charge on any atom is 0.0957 e. The minimum absolute atomic E-state index is 0.0404. The minimum atomic E-state index is -0.348. The Labute approximate surface area is 62.3 Å². The Morgan fingerprint density at radius 2 is 2.10 bits per heavy atom. The SMILES string of the molecule is CCCN(CO)CC(C)O. The lowest BCUT2D eigenvalue weighted by atomic mass is 10.3. The Bertz CT molecular complexity index is 76.0. The van der Waals surface area contributed by atoms with E-state index >= 15 is 0 Å². The fourth-order valence-electron chi connectivity index (χ4n) is 0.910. The van der Waals surface area contributed by atoms with Crippen LogP contribution in [0.1, 0.15) is 20.3 Å². The summed E-state index contributed by atoms with van der Waals surface area (Å²) in [6.07, 6.45) is 0.659. The molecular formula is C7H17NO2. The van der Waals surface area contributed by atoms with Crippen LogP contribution in [0.3, 0.4) is 0 Å². The lowest BCUT2D eigenvalue weighted by molar-refractivity contribution is 0.0592. The van der Waals surface area contributed by atoms with Crippen molar-refractivity contribution in [3.8, 4) is 0 Å². The highest BCUT2D eigenvalue weighted by atomic mass is 16.3. The molecule has 3 heteroatoms. The summed E-state index contributed by atoms with van der Waals surface area (Å²) in [7, 11) is 0. The van der Waals surface area contributed by atoms with E-state index in [1.54, 1.807) is 6.92 Å². The molecule has 0 spiro atoms. The van der Waals surface area contributed by atoms with Crippen LogP contribution in [0.4, 0.5) is 0 Å². The van der Waals surface area contributed by atoms with E-state index in [1.165, 1.54) is 0 Å². The van der Waals surface area contributed by atoms with Crippen LogP contribution in [0.25, 0.3) is 0 Å². The van der Waals surface area contributed by atoms with Crippen molar-refractivity contribution in [1.29, 1.82) is 0 Å². The lowest BCUT2D eigenvalue weighted by Gasteiger charge is -2.19. The average Bonchev–Trinajstić information content (AvgIpc) is 1.86. The third-order valence-corrected chi connectivity index (χ3v) is 1.26. The number of nitrogens with zero attached hydrogens (tertiary/aromatic N) is 1. The van der Waals surface area contributed by atoms with Crippen LogP contribution in [0.5, 0.6) is 0 Å². The number of aliphatic hydroxyl groups is 2. The van der Waals surface area contributed by atoms with Gasteiger partial charge in [-0.1, -0.05) is 6.92 Å². The fraction of sp³-hybridized carbons (Fsp3) is 1.00. The predicted octanol–water partition coefficient (Wildman–Crippen LogP) is 0.0290. The van der Waals surface area contributed by atoms with E-state index in [9.17, 15) is 0 Å². The summed E-state index contributed by atoms with van der Waals surface area (Å²) < 4.78 is 0. The summed E-state index contributed by atoms with van der Waals surface area (Å²) in [5.74, 6) is 0. The second kappa shape index (κ2) is 5.65. The van der Waals surface area contributed by atoms with Crippen LogP contribution in [0, 0.1) is 0 Å². The van der Waals surface area contributed by atoms with Crippen LogP contribution in [-0.4, -0.2) is 41.0 Å². The van der Waals surface area contributed by atoms with Crippen LogP contribution < -0.4 is 0 Å². The highest BCUT2D eigenvalue weighted by molar-refractivity contribution is 4.55. The van der Waals surface area contributed by atoms with E-state index in [1.807, 2.05) is 11.8 Å². The molecule has 1 unspecified atom stereocenters. The van der Waals surface area contributed by atoms with E-state index in [4.69, 9.17) is 10.2 Å². The third-order valence-electron chi connectivity index (χ3n) is 1.26. The maximum absolute atomic E-state index is 8.93. The molecule has 3 nitrogen and oxygen atoms in total. The van der Waals surface area contributed by atoms with Crippen LogP contribution in [-0.2, 0) is 0 Å². The van der Waals surface area contributed by atoms with Gasteiger partial charge in [0, 0.05) is 13.1 Å². The number of hydrogen-bond acceptors (Lipinski definition) is 3. The largest absolute Gasteiger partial charge is 0.392 e. The number of rotatable bonds is 5. The molecule has 10 heavy (non-hydrogen) atoms. The molecule has 0 amide bonds. The minimum Gasteiger partial charge on any atom is -0.392 e. The third kappa shape index (κ3) is 4.73. The molecule has 2 N–H and O–H groups in total. The summed E-state index contributed by atoms with van der Waals surface area (Å²) in [5.41, 5.74) is 0. The zero-order valence-corrected chi connectivity index (χ0v) is 6.75. The quantitative estimate of drug-likeness (QED) is 0.539. The molecule has 0 aromatic heterocycles. The molecule has 0 saturated carbocycles. The van der Waals surface area contributed by atoms with E-state index < -0.39 is 0 Å². The van der Waals surface area contributed by atoms with Gasteiger partial charge in [0.15, 0.2) is 0 Å². The van der Waals surface area contributed by atoms with Gasteiger partial charge in [0.1, 0.15) is 0 Å². The predicted molar refractivity (Wildman–Crippen MR) is 40.6 cm³/mol. The van der Waals surface area contributed by atoms with Gasteiger partial charge >= 0.3 is 0 Å². The van der Waals surface area contributed by atoms with Crippen molar-refractivity contribution in [2.45, 2.75) is 26.4 Å². The zero-order chi connectivity index (χ0) is 7.98. The van der Waals surface area contributed by atoms with Crippen molar-refractivity contribution in [2.24, 2.45) is 0 Å². The molecule has 0 fully saturated rings. The molecule has 0 aliphatic heterocycles. The standard InChI is InChI=1S/C7H17NO2/c1-3-4-8(6-9)5-7(2)10/h7,9-10H,3-6H2,1-2H3. The van der Waals surface area contributed by atoms with Crippen molar-refractivity contribution in [3.63, 3.8) is 0 Å². The molecule has 0 aliphatic rings. The van der Waals surface area contributed by atoms with Crippen molar-refractivity contribution in [1.82, 2.24) is 4.90 Å². The highest BCUT2D eigenvalue weighted by Crippen LogP contribution is 1.91. The second-order valence-electron chi connectivity index (χ2n) is 2.57. The van der Waals surface area contributed by atoms with Gasteiger partial charge in [0.05, 0.1) is 12.8 Å². The Kier molecular flexibility index (Phi) is 5.58. The molecule has 0 radical (unpaired) electrons. The number of hydrogen-bond donors (Lipinski definition) is 2. The molecule has 0 aromatic rings. The molecule has 0 saturated heterocycles. The molecule has 0 heterocycles. The summed E-state index contributed by atoms with van der Waals surface area (Å²) in [5, 5.41) is 17.6. The molecule has 62 valence electrons. The van der Waals surface area contributed by atoms with E-state index in [-0.39, 0.29) is 12.8 Å². The lowest BCUT2D eigenvalue weighted by Crippen LogP contribution is -2.32. The van der Waals surface area contributed by atoms with Gasteiger partial charge in [-0.15, -0.1) is 0 Å². The topological polar surface area (TPSA) is 43.7 Å². The highest BCUT2D eigenvalue weighted by Gasteiger charge is 2.03. The van der Waals surface area contributed by atoms with Crippen LogP contribution in [0.2, 0.25) is 0 Å². The van der Waals surface area contributed by atoms with Crippen molar-refractivity contribution in [2.75, 3.05) is 19.8 Å². The zero-order valence-electron chi connectivity index (χ0n) is 6.75. The van der Waals surface area contributed by atoms with Crippen molar-refractivity contribution in [3.05, 3.63) is 0 Å². The first-order valence-corrected chi connectivity index (χ1v) is 3.72. The van der Waals surface area contributed by atoms with Gasteiger partial charge in [0.25, 0.3) is 0 Å². The van der Waals surface area contributed by atoms with Gasteiger partial charge in [-0.2, -0.15) is 0 Å². The second-order valence-corrected chi connectivity index (χ2v) is 2.57. The van der Waals surface area contributed by atoms with Crippen molar-refractivity contribution >= 4 is 0 Å². The smallest absolute Gasteiger partial charge is 0.0957 e. The monoisotopic (exact) mass is 147 g/mol. The first-order valence-electron chi connectivity index (χ1n) is 3.72. The Balaban J connectivity index is 3.39. The van der Waals surface area contributed by atoms with Gasteiger partial charge < -0.3 is 10.2 Å². The first kappa shape index (κ1) is 9.88. The Hall–Kier alpha value is -0.120. The molecule has 0 aliphatic carbocycles. The summed E-state index contributed by atoms with van der Waals surface area (Å²) >= 11 is 0. The first-order chi connectivity index (χ1) is 4.70. The fourth-order valence-corrected chi connectivity index (χ4v) is 0.910. The van der Waals surface area contributed by atoms with E-state index in [0.29, 0.717) is 6.54 Å². The van der Waals surface area contributed by atoms with Crippen molar-refractivity contribution < 1.29 is 10.2 Å². The van der Waals surface area contributed by atoms with E-state index in [0.717, 1.165) is 13.0 Å². The Morgan fingerprint density at radius 1 is 1.50 bits per heavy atom. The average molecular weight is 147 g/mol. The van der Waals surface area contributed by atoms with E-state index in [2.05, 4.69) is 0 Å². The van der Waals surface area contributed by atoms with Gasteiger partial charge in [-0.25, -0.2) is 0 Å². The summed E-state index contributed by atoms with van der Waals surface area (Å²) in [6, 6.07) is 0. The van der Waals surface area contributed by atoms with Crippen LogP contribution >= 0.6 is 0 Å². The Morgan fingerprint density at radius 3 is 2.40 bits per heavy atom. The van der Waals surface area contributed by atoms with Gasteiger partial charge in [-0.3, -0.25) is 4.90 Å². The maximum atomic E-state index is 8.93. The normalized spacial score (nSPS) is 14.1. The molecular weight excluding hydrogens is 130 g/mol. The molecule has 0 rings (SSSR count). The molecule has 0 bridgehead atoms. The van der Waals surface area contributed by atoms with Gasteiger partial charge in [-0.05, 0) is 13.3 Å². The summed E-state index contributed by atoms with van der Waals surface area (Å²) in [4.78, 5) is 1.81. The summed E-state index contributed by atoms with van der Waals surface area (Å²) in [6.45, 7) is 5.22. The van der Waals surface area contributed by atoms with Gasteiger partial charge in [0.2, 0.25) is 0 Å². The van der Waals surface area contributed by atoms with Crippen LogP contribution in [0.15, 0.2) is 0 Å². The number of aliphatic hydroxyl groups excluding tert-OH is 2. The molecule has 1 atom stereocenters.